The number of carbonyl (C=O) groups excluding carboxylic acids is 2. The van der Waals surface area contributed by atoms with Crippen molar-refractivity contribution in [3.63, 3.8) is 0 Å². The monoisotopic (exact) mass is 428 g/mol. The zero-order valence-corrected chi connectivity index (χ0v) is 18.0. The molecule has 1 saturated carbocycles. The van der Waals surface area contributed by atoms with Gasteiger partial charge in [0.25, 0.3) is 0 Å². The highest BCUT2D eigenvalue weighted by molar-refractivity contribution is 6.22. The van der Waals surface area contributed by atoms with Gasteiger partial charge < -0.3 is 5.11 Å². The molecule has 1 aliphatic carbocycles. The van der Waals surface area contributed by atoms with Gasteiger partial charge in [-0.2, -0.15) is 0 Å². The normalized spacial score (nSPS) is 22.9. The molecule has 2 amide bonds. The number of hydrogen-bond donors (Lipinski definition) is 1. The summed E-state index contributed by atoms with van der Waals surface area (Å²) in [4.78, 5) is 43.7. The predicted octanol–water partition coefficient (Wildman–Crippen LogP) is 4.83. The van der Waals surface area contributed by atoms with Crippen LogP contribution in [0.2, 0.25) is 0 Å². The number of benzene rings is 2. The van der Waals surface area contributed by atoms with Gasteiger partial charge in [0.15, 0.2) is 0 Å². The van der Waals surface area contributed by atoms with E-state index in [4.69, 9.17) is 0 Å². The van der Waals surface area contributed by atoms with Crippen LogP contribution >= 0.6 is 0 Å². The molecule has 6 heteroatoms. The molecule has 0 radical (unpaired) electrons. The fourth-order valence-electron chi connectivity index (χ4n) is 5.09. The maximum Gasteiger partial charge on any atom is 0.336 e. The number of aromatic nitrogens is 1. The molecule has 1 aliphatic heterocycles. The van der Waals surface area contributed by atoms with Crippen molar-refractivity contribution in [3.8, 4) is 11.3 Å². The van der Waals surface area contributed by atoms with Crippen molar-refractivity contribution in [1.29, 1.82) is 0 Å². The third-order valence-electron chi connectivity index (χ3n) is 6.80. The third-order valence-corrected chi connectivity index (χ3v) is 6.80. The largest absolute Gasteiger partial charge is 0.478 e. The average molecular weight is 428 g/mol. The van der Waals surface area contributed by atoms with Crippen LogP contribution in [-0.4, -0.2) is 27.9 Å². The number of aromatic carboxylic acids is 1. The third kappa shape index (κ3) is 3.27. The van der Waals surface area contributed by atoms with Crippen molar-refractivity contribution in [2.75, 3.05) is 4.90 Å². The van der Waals surface area contributed by atoms with Gasteiger partial charge in [0.05, 0.1) is 34.3 Å². The Hall–Kier alpha value is -3.54. The van der Waals surface area contributed by atoms with Crippen LogP contribution in [0, 0.1) is 24.7 Å². The molecule has 162 valence electrons. The molecule has 6 nitrogen and oxygen atoms in total. The van der Waals surface area contributed by atoms with Gasteiger partial charge in [-0.15, -0.1) is 0 Å². The van der Waals surface area contributed by atoms with E-state index in [0.717, 1.165) is 30.4 Å². The number of amides is 2. The Labute approximate surface area is 185 Å². The van der Waals surface area contributed by atoms with Crippen molar-refractivity contribution >= 4 is 34.4 Å². The molecule has 2 heterocycles. The topological polar surface area (TPSA) is 87.6 Å². The first-order valence-electron chi connectivity index (χ1n) is 11.0. The van der Waals surface area contributed by atoms with Crippen molar-refractivity contribution in [2.24, 2.45) is 17.8 Å². The summed E-state index contributed by atoms with van der Waals surface area (Å²) in [7, 11) is 0. The number of imide groups is 1. The molecule has 2 aromatic carbocycles. The van der Waals surface area contributed by atoms with Crippen molar-refractivity contribution in [3.05, 3.63) is 59.7 Å². The quantitative estimate of drug-likeness (QED) is 0.604. The minimum atomic E-state index is -1.01. The molecule has 1 N–H and O–H groups in total. The summed E-state index contributed by atoms with van der Waals surface area (Å²) in [6.07, 6.45) is 2.51. The van der Waals surface area contributed by atoms with Crippen LogP contribution in [0.1, 0.15) is 42.1 Å². The number of fused-ring (bicyclic) bond motifs is 2. The zero-order valence-electron chi connectivity index (χ0n) is 18.0. The maximum absolute atomic E-state index is 13.0. The Morgan fingerprint density at radius 2 is 1.72 bits per heavy atom. The number of anilines is 1. The molecule has 0 unspecified atom stereocenters. The average Bonchev–Trinajstić information content (AvgIpc) is 3.02. The lowest BCUT2D eigenvalue weighted by Crippen LogP contribution is -2.30. The number of carboxylic acids is 1. The van der Waals surface area contributed by atoms with Gasteiger partial charge >= 0.3 is 5.97 Å². The predicted molar refractivity (Wildman–Crippen MR) is 121 cm³/mol. The minimum Gasteiger partial charge on any atom is -0.478 e. The van der Waals surface area contributed by atoms with Gasteiger partial charge in [0.1, 0.15) is 0 Å². The second kappa shape index (κ2) is 7.55. The van der Waals surface area contributed by atoms with Crippen molar-refractivity contribution in [1.82, 2.24) is 4.98 Å². The van der Waals surface area contributed by atoms with Gasteiger partial charge in [0.2, 0.25) is 11.8 Å². The second-order valence-electron chi connectivity index (χ2n) is 9.07. The molecule has 3 aromatic rings. The second-order valence-corrected chi connectivity index (χ2v) is 9.07. The number of pyridine rings is 1. The number of rotatable bonds is 3. The van der Waals surface area contributed by atoms with Gasteiger partial charge in [-0.1, -0.05) is 30.7 Å². The molecule has 3 atom stereocenters. The van der Waals surface area contributed by atoms with Crippen molar-refractivity contribution in [2.45, 2.75) is 33.1 Å². The lowest BCUT2D eigenvalue weighted by atomic mass is 9.76. The first-order valence-corrected chi connectivity index (χ1v) is 11.0. The Kier molecular flexibility index (Phi) is 4.81. The van der Waals surface area contributed by atoms with E-state index in [1.54, 1.807) is 30.3 Å². The maximum atomic E-state index is 13.0. The number of aryl methyl sites for hydroxylation is 1. The molecule has 2 aliphatic rings. The lowest BCUT2D eigenvalue weighted by Gasteiger charge is -2.25. The van der Waals surface area contributed by atoms with E-state index in [2.05, 4.69) is 11.9 Å². The molecular formula is C26H24N2O4. The van der Waals surface area contributed by atoms with E-state index in [-0.39, 0.29) is 29.2 Å². The van der Waals surface area contributed by atoms with Crippen LogP contribution in [0.5, 0.6) is 0 Å². The fourth-order valence-corrected chi connectivity index (χ4v) is 5.09. The zero-order chi connectivity index (χ0) is 22.6. The first kappa shape index (κ1) is 20.4. The van der Waals surface area contributed by atoms with E-state index in [9.17, 15) is 19.5 Å². The van der Waals surface area contributed by atoms with Gasteiger partial charge in [-0.25, -0.2) is 9.78 Å². The molecule has 1 aromatic heterocycles. The number of nitrogens with zero attached hydrogens (tertiary/aromatic N) is 2. The van der Waals surface area contributed by atoms with E-state index < -0.39 is 5.97 Å². The fraction of sp³-hybridized carbons (Fsp3) is 0.308. The van der Waals surface area contributed by atoms with E-state index >= 15 is 0 Å². The summed E-state index contributed by atoms with van der Waals surface area (Å²) in [5.41, 5.74) is 3.59. The molecule has 32 heavy (non-hydrogen) atoms. The highest BCUT2D eigenvalue weighted by atomic mass is 16.4. The van der Waals surface area contributed by atoms with Crippen LogP contribution in [0.3, 0.4) is 0 Å². The number of hydrogen-bond acceptors (Lipinski definition) is 4. The summed E-state index contributed by atoms with van der Waals surface area (Å²) >= 11 is 0. The molecule has 2 fully saturated rings. The van der Waals surface area contributed by atoms with Crippen LogP contribution in [0.4, 0.5) is 5.69 Å². The van der Waals surface area contributed by atoms with Crippen molar-refractivity contribution < 1.29 is 19.5 Å². The van der Waals surface area contributed by atoms with Gasteiger partial charge in [-0.05, 0) is 62.4 Å². The molecule has 1 saturated heterocycles. The van der Waals surface area contributed by atoms with Crippen LogP contribution in [0.15, 0.2) is 48.5 Å². The summed E-state index contributed by atoms with van der Waals surface area (Å²) in [6.45, 7) is 4.05. The first-order chi connectivity index (χ1) is 15.3. The smallest absolute Gasteiger partial charge is 0.336 e. The lowest BCUT2D eigenvalue weighted by molar-refractivity contribution is -0.122. The van der Waals surface area contributed by atoms with Crippen LogP contribution in [-0.2, 0) is 9.59 Å². The summed E-state index contributed by atoms with van der Waals surface area (Å²) in [5.74, 6) is -1.18. The van der Waals surface area contributed by atoms with Gasteiger partial charge in [-0.3, -0.25) is 14.5 Å². The SMILES string of the molecule is Cc1ccc2nc(-c3ccc(N4C(=O)[C@H]5C[C@@H](C)CC[C@H]5C4=O)cc3)cc(C(=O)O)c2c1. The highest BCUT2D eigenvalue weighted by Crippen LogP contribution is 2.42. The summed E-state index contributed by atoms with van der Waals surface area (Å²) < 4.78 is 0. The standard InChI is InChI=1S/C26H24N2O4/c1-14-3-9-18-20(12-14)25(30)28(24(18)29)17-7-5-16(6-8-17)23-13-21(26(31)32)19-11-15(2)4-10-22(19)27-23/h4-8,10-11,13-14,18,20H,3,9,12H2,1-2H3,(H,31,32)/t14-,18+,20-/m0/s1. The number of carbonyl (C=O) groups is 3. The van der Waals surface area contributed by atoms with Crippen LogP contribution in [0.25, 0.3) is 22.2 Å². The Balaban J connectivity index is 1.50. The molecule has 0 spiro atoms. The molecular weight excluding hydrogens is 404 g/mol. The Bertz CT molecular complexity index is 1260. The Morgan fingerprint density at radius 3 is 2.44 bits per heavy atom. The molecule has 0 bridgehead atoms. The van der Waals surface area contributed by atoms with Crippen LogP contribution < -0.4 is 4.90 Å². The van der Waals surface area contributed by atoms with Gasteiger partial charge in [0, 0.05) is 10.9 Å². The number of carboxylic acid groups (broad SMARTS) is 1. The molecule has 5 rings (SSSR count). The van der Waals surface area contributed by atoms with E-state index in [0.29, 0.717) is 28.2 Å². The summed E-state index contributed by atoms with van der Waals surface area (Å²) in [6, 6.07) is 14.2. The van der Waals surface area contributed by atoms with E-state index in [1.807, 2.05) is 25.1 Å². The highest BCUT2D eigenvalue weighted by Gasteiger charge is 2.49. The Morgan fingerprint density at radius 1 is 1.00 bits per heavy atom. The minimum absolute atomic E-state index is 0.105. The summed E-state index contributed by atoms with van der Waals surface area (Å²) in [5, 5.41) is 10.3. The van der Waals surface area contributed by atoms with E-state index in [1.165, 1.54) is 4.90 Å².